The van der Waals surface area contributed by atoms with Crippen LogP contribution in [0, 0.1) is 5.82 Å². The van der Waals surface area contributed by atoms with Gasteiger partial charge in [-0.25, -0.2) is 4.39 Å². The van der Waals surface area contributed by atoms with Crippen LogP contribution in [0.4, 0.5) is 4.39 Å². The molecule has 3 heteroatoms. The van der Waals surface area contributed by atoms with E-state index in [4.69, 9.17) is 0 Å². The molecule has 1 N–H and O–H groups in total. The Morgan fingerprint density at radius 2 is 2.00 bits per heavy atom. The maximum Gasteiger partial charge on any atom is 0.128 e. The molecule has 0 spiro atoms. The van der Waals surface area contributed by atoms with E-state index >= 15 is 0 Å². The molecular formula is C15H22FNO. The Morgan fingerprint density at radius 3 is 2.67 bits per heavy atom. The number of aliphatic hydroxyl groups excluding tert-OH is 1. The van der Waals surface area contributed by atoms with Gasteiger partial charge in [-0.1, -0.05) is 31.0 Å². The zero-order valence-corrected chi connectivity index (χ0v) is 11.0. The summed E-state index contributed by atoms with van der Waals surface area (Å²) in [6.45, 7) is 0.820. The first-order valence-electron chi connectivity index (χ1n) is 6.81. The molecule has 2 rings (SSSR count). The van der Waals surface area contributed by atoms with E-state index in [2.05, 4.69) is 11.9 Å². The Morgan fingerprint density at radius 1 is 1.33 bits per heavy atom. The van der Waals surface area contributed by atoms with Gasteiger partial charge in [-0.05, 0) is 32.4 Å². The predicted octanol–water partition coefficient (Wildman–Crippen LogP) is 3.12. The highest BCUT2D eigenvalue weighted by Crippen LogP contribution is 2.24. The van der Waals surface area contributed by atoms with Gasteiger partial charge in [-0.2, -0.15) is 0 Å². The fourth-order valence-corrected chi connectivity index (χ4v) is 2.75. The van der Waals surface area contributed by atoms with Crippen LogP contribution >= 0.6 is 0 Å². The summed E-state index contributed by atoms with van der Waals surface area (Å²) in [6, 6.07) is 7.13. The molecule has 1 aliphatic rings. The van der Waals surface area contributed by atoms with Gasteiger partial charge in [0.1, 0.15) is 5.82 Å². The van der Waals surface area contributed by atoms with Crippen molar-refractivity contribution in [1.29, 1.82) is 0 Å². The highest BCUT2D eigenvalue weighted by Gasteiger charge is 2.20. The molecule has 1 fully saturated rings. The minimum Gasteiger partial charge on any atom is -0.388 e. The fraction of sp³-hybridized carbons (Fsp3) is 0.600. The Hall–Kier alpha value is -0.930. The van der Waals surface area contributed by atoms with E-state index in [1.807, 2.05) is 0 Å². The van der Waals surface area contributed by atoms with Gasteiger partial charge in [0.15, 0.2) is 0 Å². The van der Waals surface area contributed by atoms with Crippen LogP contribution < -0.4 is 0 Å². The number of nitrogens with zero attached hydrogens (tertiary/aromatic N) is 1. The van der Waals surface area contributed by atoms with E-state index in [9.17, 15) is 9.50 Å². The second-order valence-electron chi connectivity index (χ2n) is 5.24. The third-order valence-corrected chi connectivity index (χ3v) is 3.97. The standard InChI is InChI=1S/C15H22FNO/c1-17(12-6-2-3-7-12)11-10-15(18)13-8-4-5-9-14(13)16/h4-5,8-9,12,15,18H,2-3,6-7,10-11H2,1H3. The average Bonchev–Trinajstić information content (AvgIpc) is 2.90. The highest BCUT2D eigenvalue weighted by atomic mass is 19.1. The van der Waals surface area contributed by atoms with Crippen LogP contribution in [-0.4, -0.2) is 29.6 Å². The Labute approximate surface area is 108 Å². The Bertz CT molecular complexity index is 377. The normalized spacial score (nSPS) is 18.4. The van der Waals surface area contributed by atoms with Crippen LogP contribution in [0.1, 0.15) is 43.8 Å². The van der Waals surface area contributed by atoms with Crippen molar-refractivity contribution in [1.82, 2.24) is 4.90 Å². The van der Waals surface area contributed by atoms with Gasteiger partial charge in [-0.3, -0.25) is 0 Å². The molecule has 2 nitrogen and oxygen atoms in total. The van der Waals surface area contributed by atoms with Gasteiger partial charge in [0, 0.05) is 18.2 Å². The van der Waals surface area contributed by atoms with Crippen LogP contribution in [0.5, 0.6) is 0 Å². The van der Waals surface area contributed by atoms with Crippen LogP contribution in [0.25, 0.3) is 0 Å². The molecule has 0 saturated heterocycles. The number of halogens is 1. The second-order valence-corrected chi connectivity index (χ2v) is 5.24. The third-order valence-electron chi connectivity index (χ3n) is 3.97. The van der Waals surface area contributed by atoms with Crippen molar-refractivity contribution in [3.8, 4) is 0 Å². The summed E-state index contributed by atoms with van der Waals surface area (Å²) < 4.78 is 13.5. The molecule has 0 bridgehead atoms. The monoisotopic (exact) mass is 251 g/mol. The first kappa shape index (κ1) is 13.5. The van der Waals surface area contributed by atoms with Crippen LogP contribution in [0.3, 0.4) is 0 Å². The first-order chi connectivity index (χ1) is 8.68. The van der Waals surface area contributed by atoms with Crippen molar-refractivity contribution >= 4 is 0 Å². The van der Waals surface area contributed by atoms with E-state index in [1.165, 1.54) is 31.7 Å². The maximum atomic E-state index is 13.5. The van der Waals surface area contributed by atoms with Crippen molar-refractivity contribution in [3.05, 3.63) is 35.6 Å². The fourth-order valence-electron chi connectivity index (χ4n) is 2.75. The van der Waals surface area contributed by atoms with Gasteiger partial charge in [0.2, 0.25) is 0 Å². The van der Waals surface area contributed by atoms with E-state index in [0.717, 1.165) is 6.54 Å². The Balaban J connectivity index is 1.84. The van der Waals surface area contributed by atoms with Crippen molar-refractivity contribution in [2.24, 2.45) is 0 Å². The first-order valence-corrected chi connectivity index (χ1v) is 6.81. The summed E-state index contributed by atoms with van der Waals surface area (Å²) in [5, 5.41) is 10.0. The molecule has 100 valence electrons. The molecule has 1 aromatic carbocycles. The summed E-state index contributed by atoms with van der Waals surface area (Å²) in [7, 11) is 2.10. The molecule has 1 atom stereocenters. The van der Waals surface area contributed by atoms with E-state index < -0.39 is 6.10 Å². The number of rotatable bonds is 5. The lowest BCUT2D eigenvalue weighted by molar-refractivity contribution is 0.133. The van der Waals surface area contributed by atoms with Crippen molar-refractivity contribution < 1.29 is 9.50 Å². The average molecular weight is 251 g/mol. The topological polar surface area (TPSA) is 23.5 Å². The van der Waals surface area contributed by atoms with Gasteiger partial charge >= 0.3 is 0 Å². The Kier molecular flexibility index (Phi) is 4.72. The minimum absolute atomic E-state index is 0.312. The molecule has 1 aromatic rings. The van der Waals surface area contributed by atoms with Crippen LogP contribution in [-0.2, 0) is 0 Å². The van der Waals surface area contributed by atoms with E-state index in [0.29, 0.717) is 18.0 Å². The van der Waals surface area contributed by atoms with Gasteiger partial charge in [0.05, 0.1) is 6.10 Å². The lowest BCUT2D eigenvalue weighted by atomic mass is 10.1. The smallest absolute Gasteiger partial charge is 0.128 e. The van der Waals surface area contributed by atoms with E-state index in [-0.39, 0.29) is 5.82 Å². The van der Waals surface area contributed by atoms with Crippen LogP contribution in [0.15, 0.2) is 24.3 Å². The molecule has 0 aliphatic heterocycles. The van der Waals surface area contributed by atoms with Gasteiger partial charge in [-0.15, -0.1) is 0 Å². The highest BCUT2D eigenvalue weighted by molar-refractivity contribution is 5.19. The number of aliphatic hydroxyl groups is 1. The van der Waals surface area contributed by atoms with Crippen molar-refractivity contribution in [2.75, 3.05) is 13.6 Å². The minimum atomic E-state index is -0.699. The summed E-state index contributed by atoms with van der Waals surface area (Å²) in [4.78, 5) is 2.30. The molecule has 1 aliphatic carbocycles. The molecule has 0 radical (unpaired) electrons. The molecule has 0 heterocycles. The zero-order valence-electron chi connectivity index (χ0n) is 11.0. The lowest BCUT2D eigenvalue weighted by Crippen LogP contribution is -2.30. The molecule has 0 amide bonds. The predicted molar refractivity (Wildman–Crippen MR) is 70.9 cm³/mol. The molecular weight excluding hydrogens is 229 g/mol. The van der Waals surface area contributed by atoms with Crippen molar-refractivity contribution in [3.63, 3.8) is 0 Å². The van der Waals surface area contributed by atoms with E-state index in [1.54, 1.807) is 18.2 Å². The summed E-state index contributed by atoms with van der Waals surface area (Å²) in [5.41, 5.74) is 0.414. The summed E-state index contributed by atoms with van der Waals surface area (Å²) in [5.74, 6) is -0.312. The molecule has 0 aromatic heterocycles. The quantitative estimate of drug-likeness (QED) is 0.869. The summed E-state index contributed by atoms with van der Waals surface area (Å²) in [6.07, 6.45) is 5.03. The lowest BCUT2D eigenvalue weighted by Gasteiger charge is -2.25. The second kappa shape index (κ2) is 6.30. The largest absolute Gasteiger partial charge is 0.388 e. The zero-order chi connectivity index (χ0) is 13.0. The number of hydrogen-bond donors (Lipinski definition) is 1. The van der Waals surface area contributed by atoms with Gasteiger partial charge < -0.3 is 10.0 Å². The van der Waals surface area contributed by atoms with Gasteiger partial charge in [0.25, 0.3) is 0 Å². The SMILES string of the molecule is CN(CCC(O)c1ccccc1F)C1CCCC1. The molecule has 1 unspecified atom stereocenters. The third kappa shape index (κ3) is 3.30. The maximum absolute atomic E-state index is 13.5. The number of benzene rings is 1. The van der Waals surface area contributed by atoms with Crippen molar-refractivity contribution in [2.45, 2.75) is 44.2 Å². The summed E-state index contributed by atoms with van der Waals surface area (Å²) >= 11 is 0. The molecule has 18 heavy (non-hydrogen) atoms. The number of hydrogen-bond acceptors (Lipinski definition) is 2. The van der Waals surface area contributed by atoms with Crippen LogP contribution in [0.2, 0.25) is 0 Å². The molecule has 1 saturated carbocycles.